The molecule has 1 rings (SSSR count). The lowest BCUT2D eigenvalue weighted by Crippen LogP contribution is -2.25. The van der Waals surface area contributed by atoms with Gasteiger partial charge >= 0.3 is 6.18 Å². The summed E-state index contributed by atoms with van der Waals surface area (Å²) in [6, 6.07) is 4.82. The Balaban J connectivity index is 2.55. The highest BCUT2D eigenvalue weighted by molar-refractivity contribution is 5.78. The monoisotopic (exact) mass is 271 g/mol. The minimum absolute atomic E-state index is 0.0419. The number of carbonyl (C=O) groups is 1. The van der Waals surface area contributed by atoms with Crippen LogP contribution in [-0.2, 0) is 17.4 Å². The van der Waals surface area contributed by atoms with Gasteiger partial charge in [0, 0.05) is 6.54 Å². The van der Waals surface area contributed by atoms with E-state index in [9.17, 15) is 18.0 Å². The Hall–Kier alpha value is -1.78. The molecule has 0 aliphatic rings. The zero-order valence-corrected chi connectivity index (χ0v) is 10.6. The molecule has 0 aromatic heterocycles. The van der Waals surface area contributed by atoms with Crippen molar-refractivity contribution in [3.63, 3.8) is 0 Å². The Labute approximate surface area is 110 Å². The third-order valence-electron chi connectivity index (χ3n) is 2.49. The first kappa shape index (κ1) is 15.3. The highest BCUT2D eigenvalue weighted by Gasteiger charge is 2.30. The SMILES string of the molecule is C/C=C/CCNC(=O)Cc1cccc(C(F)(F)F)c1. The van der Waals surface area contributed by atoms with E-state index in [1.54, 1.807) is 0 Å². The van der Waals surface area contributed by atoms with Crippen molar-refractivity contribution in [3.8, 4) is 0 Å². The number of alkyl halides is 3. The molecule has 0 radical (unpaired) electrons. The average Bonchev–Trinajstić information content (AvgIpc) is 2.34. The first-order chi connectivity index (χ1) is 8.93. The van der Waals surface area contributed by atoms with Gasteiger partial charge in [-0.15, -0.1) is 0 Å². The van der Waals surface area contributed by atoms with Crippen molar-refractivity contribution < 1.29 is 18.0 Å². The molecule has 104 valence electrons. The summed E-state index contributed by atoms with van der Waals surface area (Å²) >= 11 is 0. The van der Waals surface area contributed by atoms with E-state index in [1.807, 2.05) is 19.1 Å². The Kier molecular flexibility index (Phi) is 5.60. The van der Waals surface area contributed by atoms with Crippen LogP contribution in [0.15, 0.2) is 36.4 Å². The molecule has 0 unspecified atom stereocenters. The van der Waals surface area contributed by atoms with E-state index in [0.29, 0.717) is 18.5 Å². The number of amides is 1. The van der Waals surface area contributed by atoms with Gasteiger partial charge in [-0.1, -0.05) is 30.4 Å². The second kappa shape index (κ2) is 6.97. The van der Waals surface area contributed by atoms with Crippen molar-refractivity contribution in [1.29, 1.82) is 0 Å². The average molecular weight is 271 g/mol. The molecule has 0 spiro atoms. The first-order valence-corrected chi connectivity index (χ1v) is 5.97. The fourth-order valence-corrected chi connectivity index (χ4v) is 1.57. The predicted molar refractivity (Wildman–Crippen MR) is 67.6 cm³/mol. The Morgan fingerprint density at radius 3 is 2.74 bits per heavy atom. The van der Waals surface area contributed by atoms with E-state index in [-0.39, 0.29) is 12.3 Å². The molecule has 0 saturated heterocycles. The van der Waals surface area contributed by atoms with E-state index in [1.165, 1.54) is 12.1 Å². The number of hydrogen-bond donors (Lipinski definition) is 1. The van der Waals surface area contributed by atoms with Crippen molar-refractivity contribution >= 4 is 5.91 Å². The van der Waals surface area contributed by atoms with Gasteiger partial charge in [0.05, 0.1) is 12.0 Å². The summed E-state index contributed by atoms with van der Waals surface area (Å²) in [5.74, 6) is -0.274. The minimum atomic E-state index is -4.38. The summed E-state index contributed by atoms with van der Waals surface area (Å²) in [7, 11) is 0. The molecule has 0 aliphatic carbocycles. The van der Waals surface area contributed by atoms with Crippen LogP contribution in [0.5, 0.6) is 0 Å². The van der Waals surface area contributed by atoms with Gasteiger partial charge in [-0.25, -0.2) is 0 Å². The number of rotatable bonds is 5. The molecule has 0 aliphatic heterocycles. The smallest absolute Gasteiger partial charge is 0.356 e. The molecule has 0 atom stereocenters. The summed E-state index contributed by atoms with van der Waals surface area (Å²) < 4.78 is 37.5. The largest absolute Gasteiger partial charge is 0.416 e. The normalized spacial score (nSPS) is 11.8. The van der Waals surface area contributed by atoms with Gasteiger partial charge in [0.1, 0.15) is 0 Å². The lowest BCUT2D eigenvalue weighted by molar-refractivity contribution is -0.137. The molecule has 2 nitrogen and oxygen atoms in total. The molecular weight excluding hydrogens is 255 g/mol. The van der Waals surface area contributed by atoms with Crippen LogP contribution in [0.1, 0.15) is 24.5 Å². The molecule has 19 heavy (non-hydrogen) atoms. The van der Waals surface area contributed by atoms with E-state index in [4.69, 9.17) is 0 Å². The Morgan fingerprint density at radius 2 is 2.11 bits per heavy atom. The lowest BCUT2D eigenvalue weighted by Gasteiger charge is -2.08. The zero-order chi connectivity index (χ0) is 14.3. The van der Waals surface area contributed by atoms with Crippen LogP contribution in [0.4, 0.5) is 13.2 Å². The summed E-state index contributed by atoms with van der Waals surface area (Å²) in [6.45, 7) is 2.37. The Morgan fingerprint density at radius 1 is 1.37 bits per heavy atom. The van der Waals surface area contributed by atoms with Gasteiger partial charge in [-0.2, -0.15) is 13.2 Å². The molecule has 0 fully saturated rings. The van der Waals surface area contributed by atoms with Crippen molar-refractivity contribution in [2.75, 3.05) is 6.54 Å². The summed E-state index contributed by atoms with van der Waals surface area (Å²) in [4.78, 5) is 11.5. The van der Waals surface area contributed by atoms with E-state index >= 15 is 0 Å². The topological polar surface area (TPSA) is 29.1 Å². The van der Waals surface area contributed by atoms with Crippen LogP contribution >= 0.6 is 0 Å². The van der Waals surface area contributed by atoms with E-state index < -0.39 is 11.7 Å². The first-order valence-electron chi connectivity index (χ1n) is 5.97. The molecule has 1 aromatic rings. The maximum Gasteiger partial charge on any atom is 0.416 e. The van der Waals surface area contributed by atoms with Crippen molar-refractivity contribution in [2.24, 2.45) is 0 Å². The highest BCUT2D eigenvalue weighted by atomic mass is 19.4. The van der Waals surface area contributed by atoms with Crippen LogP contribution in [0.2, 0.25) is 0 Å². The number of benzene rings is 1. The van der Waals surface area contributed by atoms with Crippen molar-refractivity contribution in [1.82, 2.24) is 5.32 Å². The van der Waals surface area contributed by atoms with E-state index in [0.717, 1.165) is 12.1 Å². The van der Waals surface area contributed by atoms with Gasteiger partial charge in [0.25, 0.3) is 0 Å². The molecule has 1 N–H and O–H groups in total. The third-order valence-corrected chi connectivity index (χ3v) is 2.49. The molecule has 0 bridgehead atoms. The second-order valence-corrected chi connectivity index (χ2v) is 4.08. The minimum Gasteiger partial charge on any atom is -0.356 e. The van der Waals surface area contributed by atoms with Crippen molar-refractivity contribution in [3.05, 3.63) is 47.5 Å². The lowest BCUT2D eigenvalue weighted by atomic mass is 10.1. The summed E-state index contributed by atoms with van der Waals surface area (Å²) in [5, 5.41) is 2.65. The van der Waals surface area contributed by atoms with Gasteiger partial charge in [-0.3, -0.25) is 4.79 Å². The van der Waals surface area contributed by atoms with E-state index in [2.05, 4.69) is 5.32 Å². The fourth-order valence-electron chi connectivity index (χ4n) is 1.57. The van der Waals surface area contributed by atoms with Crippen molar-refractivity contribution in [2.45, 2.75) is 25.9 Å². The number of nitrogens with one attached hydrogen (secondary N) is 1. The third kappa shape index (κ3) is 5.59. The standard InChI is InChI=1S/C14H16F3NO/c1-2-3-4-8-18-13(19)10-11-6-5-7-12(9-11)14(15,16)17/h2-3,5-7,9H,4,8,10H2,1H3,(H,18,19)/b3-2+. The maximum atomic E-state index is 12.5. The fraction of sp³-hybridized carbons (Fsp3) is 0.357. The van der Waals surface area contributed by atoms with Gasteiger partial charge < -0.3 is 5.32 Å². The van der Waals surface area contributed by atoms with Gasteiger partial charge in [0.2, 0.25) is 5.91 Å². The number of allylic oxidation sites excluding steroid dienone is 1. The zero-order valence-electron chi connectivity index (χ0n) is 10.6. The molecule has 1 amide bonds. The second-order valence-electron chi connectivity index (χ2n) is 4.08. The van der Waals surface area contributed by atoms with Gasteiger partial charge in [0.15, 0.2) is 0 Å². The molecular formula is C14H16F3NO. The summed E-state index contributed by atoms with van der Waals surface area (Å²) in [5.41, 5.74) is -0.370. The van der Waals surface area contributed by atoms with Crippen LogP contribution < -0.4 is 5.32 Å². The molecule has 5 heteroatoms. The quantitative estimate of drug-likeness (QED) is 0.646. The van der Waals surface area contributed by atoms with Crippen LogP contribution in [0, 0.1) is 0 Å². The van der Waals surface area contributed by atoms with Crippen LogP contribution in [0.3, 0.4) is 0 Å². The molecule has 0 heterocycles. The molecule has 0 saturated carbocycles. The number of halogens is 3. The Bertz CT molecular complexity index is 452. The van der Waals surface area contributed by atoms with Crippen LogP contribution in [-0.4, -0.2) is 12.5 Å². The number of carbonyl (C=O) groups excluding carboxylic acids is 1. The van der Waals surface area contributed by atoms with Crippen LogP contribution in [0.25, 0.3) is 0 Å². The summed E-state index contributed by atoms with van der Waals surface area (Å²) in [6.07, 6.45) is 0.0759. The molecule has 1 aromatic carbocycles. The maximum absolute atomic E-state index is 12.5. The van der Waals surface area contributed by atoms with Gasteiger partial charge in [-0.05, 0) is 25.0 Å². The predicted octanol–water partition coefficient (Wildman–Crippen LogP) is 3.33. The highest BCUT2D eigenvalue weighted by Crippen LogP contribution is 2.29. The number of hydrogen-bond acceptors (Lipinski definition) is 1.